The zero-order valence-electron chi connectivity index (χ0n) is 16.7. The lowest BCUT2D eigenvalue weighted by Crippen LogP contribution is -2.03. The molecule has 2 aromatic heterocycles. The van der Waals surface area contributed by atoms with E-state index in [9.17, 15) is 9.90 Å². The van der Waals surface area contributed by atoms with Gasteiger partial charge in [-0.3, -0.25) is 4.79 Å². The molecule has 0 atom stereocenters. The van der Waals surface area contributed by atoms with Crippen LogP contribution in [0.5, 0.6) is 11.6 Å². The molecule has 0 bridgehead atoms. The highest BCUT2D eigenvalue weighted by atomic mass is 35.5. The monoisotopic (exact) mass is 441 g/mol. The highest BCUT2D eigenvalue weighted by Gasteiger charge is 2.20. The molecular weight excluding hydrogens is 422 g/mol. The smallest absolute Gasteiger partial charge is 0.307 e. The summed E-state index contributed by atoms with van der Waals surface area (Å²) >= 11 is 7.65. The minimum atomic E-state index is -0.555. The van der Waals surface area contributed by atoms with Gasteiger partial charge in [-0.1, -0.05) is 43.6 Å². The topological polar surface area (TPSA) is 76.2 Å². The van der Waals surface area contributed by atoms with Gasteiger partial charge in [0.1, 0.15) is 10.6 Å². The Labute approximate surface area is 182 Å². The number of methoxy groups -OCH3 is 1. The van der Waals surface area contributed by atoms with Crippen LogP contribution < -0.4 is 4.74 Å². The predicted octanol–water partition coefficient (Wildman–Crippen LogP) is 6.80. The van der Waals surface area contributed by atoms with Crippen molar-refractivity contribution in [3.8, 4) is 11.6 Å². The molecule has 1 amide bonds. The van der Waals surface area contributed by atoms with Crippen molar-refractivity contribution in [1.29, 1.82) is 0 Å². The number of hydrogen-bond acceptors (Lipinski definition) is 5. The third-order valence-electron chi connectivity index (χ3n) is 4.74. The van der Waals surface area contributed by atoms with Crippen molar-refractivity contribution in [3.05, 3.63) is 52.4 Å². The molecule has 1 N–H and O–H groups in total. The predicted molar refractivity (Wildman–Crippen MR) is 121 cm³/mol. The summed E-state index contributed by atoms with van der Waals surface area (Å²) in [6.07, 6.45) is 0. The van der Waals surface area contributed by atoms with Crippen molar-refractivity contribution < 1.29 is 14.6 Å². The van der Waals surface area contributed by atoms with Gasteiger partial charge in [-0.05, 0) is 30.2 Å². The largest absolute Gasteiger partial charge is 0.497 e. The second-order valence-electron chi connectivity index (χ2n) is 7.31. The number of benzene rings is 2. The second-order valence-corrected chi connectivity index (χ2v) is 8.74. The number of hydrogen-bond donors (Lipinski definition) is 1. The highest BCUT2D eigenvalue weighted by molar-refractivity contribution is 7.21. The third kappa shape index (κ3) is 3.55. The maximum absolute atomic E-state index is 12.7. The number of carbonyl (C=O) groups is 1. The number of halogens is 1. The Morgan fingerprint density at radius 2 is 2.00 bits per heavy atom. The summed E-state index contributed by atoms with van der Waals surface area (Å²) in [5.74, 6) is 0.449. The van der Waals surface area contributed by atoms with E-state index in [0.717, 1.165) is 21.0 Å². The van der Waals surface area contributed by atoms with Gasteiger partial charge in [0.05, 0.1) is 17.6 Å². The van der Waals surface area contributed by atoms with Crippen molar-refractivity contribution >= 4 is 55.5 Å². The van der Waals surface area contributed by atoms with Crippen molar-refractivity contribution in [3.63, 3.8) is 0 Å². The fourth-order valence-corrected chi connectivity index (χ4v) is 4.79. The summed E-state index contributed by atoms with van der Waals surface area (Å²) < 4.78 is 7.84. The van der Waals surface area contributed by atoms with Gasteiger partial charge in [0.25, 0.3) is 0 Å². The molecule has 0 radical (unpaired) electrons. The van der Waals surface area contributed by atoms with Gasteiger partial charge in [0, 0.05) is 22.0 Å². The minimum Gasteiger partial charge on any atom is -0.497 e. The maximum Gasteiger partial charge on any atom is 0.307 e. The first kappa shape index (κ1) is 20.4. The number of ether oxygens (including phenoxy) is 1. The van der Waals surface area contributed by atoms with Gasteiger partial charge >= 0.3 is 5.91 Å². The average Bonchev–Trinajstić information content (AvgIpc) is 3.20. The Bertz CT molecular complexity index is 1290. The molecule has 0 aliphatic heterocycles. The average molecular weight is 442 g/mol. The quantitative estimate of drug-likeness (QED) is 0.346. The molecule has 30 heavy (non-hydrogen) atoms. The molecule has 2 heterocycles. The van der Waals surface area contributed by atoms with E-state index in [4.69, 9.17) is 16.3 Å². The fraction of sp³-hybridized carbons (Fsp3) is 0.227. The van der Waals surface area contributed by atoms with Crippen LogP contribution in [0.1, 0.15) is 23.5 Å². The number of amides is 1. The number of aromatic hydroxyl groups is 1. The standard InChI is InChI=1S/C22H20ClN3O3S/c1-12(2)11-26-16-7-5-4-6-14(16)19(22(26)28)24-25-21(27)20-18(23)15-9-8-13(29-3)10-17(15)30-20/h4-10,12,28H,11H2,1-3H3. The molecule has 0 saturated carbocycles. The van der Waals surface area contributed by atoms with Crippen molar-refractivity contribution in [2.24, 2.45) is 16.1 Å². The highest BCUT2D eigenvalue weighted by Crippen LogP contribution is 2.41. The summed E-state index contributed by atoms with van der Waals surface area (Å²) in [5.41, 5.74) is 1.12. The van der Waals surface area contributed by atoms with E-state index in [0.29, 0.717) is 28.1 Å². The third-order valence-corrected chi connectivity index (χ3v) is 6.38. The van der Waals surface area contributed by atoms with Crippen LogP contribution >= 0.6 is 22.9 Å². The summed E-state index contributed by atoms with van der Waals surface area (Å²) in [5, 5.41) is 20.6. The lowest BCUT2D eigenvalue weighted by Gasteiger charge is -2.09. The minimum absolute atomic E-state index is 0.00590. The van der Waals surface area contributed by atoms with Crippen LogP contribution in [0.15, 0.2) is 52.7 Å². The van der Waals surface area contributed by atoms with Gasteiger partial charge in [-0.15, -0.1) is 21.6 Å². The fourth-order valence-electron chi connectivity index (χ4n) is 3.37. The SMILES string of the molecule is COc1ccc2c(Cl)c(C(=O)N=Nc3c(O)n(CC(C)C)c4ccccc34)sc2c1. The number of fused-ring (bicyclic) bond motifs is 2. The zero-order valence-corrected chi connectivity index (χ0v) is 18.3. The summed E-state index contributed by atoms with van der Waals surface area (Å²) in [6.45, 7) is 4.76. The molecule has 0 aliphatic rings. The molecule has 4 aromatic rings. The van der Waals surface area contributed by atoms with E-state index in [1.807, 2.05) is 36.4 Å². The molecule has 0 spiro atoms. The zero-order chi connectivity index (χ0) is 21.4. The molecule has 0 saturated heterocycles. The second kappa shape index (κ2) is 8.08. The number of aromatic nitrogens is 1. The molecular formula is C22H20ClN3O3S. The first-order valence-corrected chi connectivity index (χ1v) is 10.6. The van der Waals surface area contributed by atoms with Gasteiger partial charge in [0.2, 0.25) is 5.88 Å². The number of nitrogens with zero attached hydrogens (tertiary/aromatic N) is 3. The molecule has 4 rings (SSSR count). The van der Waals surface area contributed by atoms with Crippen molar-refractivity contribution in [2.75, 3.05) is 7.11 Å². The van der Waals surface area contributed by atoms with Gasteiger partial charge in [-0.25, -0.2) is 0 Å². The van der Waals surface area contributed by atoms with Gasteiger partial charge < -0.3 is 14.4 Å². The van der Waals surface area contributed by atoms with Crippen molar-refractivity contribution in [2.45, 2.75) is 20.4 Å². The molecule has 0 fully saturated rings. The molecule has 154 valence electrons. The lowest BCUT2D eigenvalue weighted by molar-refractivity contribution is 0.0999. The Balaban J connectivity index is 1.73. The number of rotatable bonds is 5. The summed E-state index contributed by atoms with van der Waals surface area (Å²) in [6, 6.07) is 12.9. The van der Waals surface area contributed by atoms with Crippen LogP contribution in [0.3, 0.4) is 0 Å². The number of azo groups is 1. The molecule has 6 nitrogen and oxygen atoms in total. The lowest BCUT2D eigenvalue weighted by atomic mass is 10.2. The van der Waals surface area contributed by atoms with E-state index in [1.165, 1.54) is 11.3 Å². The first-order chi connectivity index (χ1) is 14.4. The summed E-state index contributed by atoms with van der Waals surface area (Å²) in [4.78, 5) is 13.0. The molecule has 0 unspecified atom stereocenters. The Morgan fingerprint density at radius 3 is 2.73 bits per heavy atom. The normalized spacial score (nSPS) is 11.9. The Kier molecular flexibility index (Phi) is 5.49. The van der Waals surface area contributed by atoms with E-state index in [1.54, 1.807) is 17.7 Å². The van der Waals surface area contributed by atoms with Crippen LogP contribution in [0.4, 0.5) is 5.69 Å². The van der Waals surface area contributed by atoms with Crippen molar-refractivity contribution in [1.82, 2.24) is 4.57 Å². The molecule has 2 aromatic carbocycles. The Hall–Kier alpha value is -2.90. The number of para-hydroxylation sites is 1. The van der Waals surface area contributed by atoms with E-state index >= 15 is 0 Å². The van der Waals surface area contributed by atoms with Crippen LogP contribution in [0.25, 0.3) is 21.0 Å². The Morgan fingerprint density at radius 1 is 1.23 bits per heavy atom. The van der Waals surface area contributed by atoms with Crippen LogP contribution in [0, 0.1) is 5.92 Å². The van der Waals surface area contributed by atoms with Gasteiger partial charge in [0.15, 0.2) is 5.69 Å². The number of carbonyl (C=O) groups excluding carboxylic acids is 1. The van der Waals surface area contributed by atoms with Crippen LogP contribution in [-0.4, -0.2) is 22.7 Å². The first-order valence-electron chi connectivity index (χ1n) is 9.43. The van der Waals surface area contributed by atoms with E-state index in [2.05, 4.69) is 24.1 Å². The maximum atomic E-state index is 12.7. The van der Waals surface area contributed by atoms with Crippen LogP contribution in [-0.2, 0) is 6.54 Å². The molecule has 8 heteroatoms. The van der Waals surface area contributed by atoms with E-state index in [-0.39, 0.29) is 11.6 Å². The summed E-state index contributed by atoms with van der Waals surface area (Å²) in [7, 11) is 1.58. The molecule has 0 aliphatic carbocycles. The number of thiophene rings is 1. The van der Waals surface area contributed by atoms with E-state index < -0.39 is 5.91 Å². The van der Waals surface area contributed by atoms with Gasteiger partial charge in [-0.2, -0.15) is 0 Å². The van der Waals surface area contributed by atoms with Crippen LogP contribution in [0.2, 0.25) is 5.02 Å².